The molecule has 0 spiro atoms. The number of fused-ring (bicyclic) bond motifs is 1. The monoisotopic (exact) mass is 193 g/mol. The van der Waals surface area contributed by atoms with Gasteiger partial charge in [-0.15, -0.1) is 0 Å². The predicted molar refractivity (Wildman–Crippen MR) is 48.4 cm³/mol. The summed E-state index contributed by atoms with van der Waals surface area (Å²) in [6.07, 6.45) is 4.08. The van der Waals surface area contributed by atoms with Gasteiger partial charge in [0.05, 0.1) is 0 Å². The summed E-state index contributed by atoms with van der Waals surface area (Å²) in [5, 5.41) is 9.01. The number of rotatable bonds is 0. The second kappa shape index (κ2) is 3.31. The number of hydrogen-bond acceptors (Lipinski definition) is 3. The molecule has 1 aromatic heterocycles. The minimum Gasteiger partial charge on any atom is -0.223 e. The molecule has 66 valence electrons. The van der Waals surface area contributed by atoms with Crippen molar-refractivity contribution in [1.29, 1.82) is 5.26 Å². The van der Waals surface area contributed by atoms with Crippen molar-refractivity contribution in [3.63, 3.8) is 0 Å². The summed E-state index contributed by atoms with van der Waals surface area (Å²) in [6.45, 7) is 0. The predicted octanol–water partition coefficient (Wildman–Crippen LogP) is 1.88. The summed E-state index contributed by atoms with van der Waals surface area (Å²) in [5.41, 5.74) is 2.41. The number of hydrogen-bond donors (Lipinski definition) is 0. The molecule has 0 atom stereocenters. The molecule has 13 heavy (non-hydrogen) atoms. The van der Waals surface area contributed by atoms with Gasteiger partial charge in [0.2, 0.25) is 5.28 Å². The quantitative estimate of drug-likeness (QED) is 0.591. The lowest BCUT2D eigenvalue weighted by Gasteiger charge is -2.14. The van der Waals surface area contributed by atoms with Crippen LogP contribution in [0.4, 0.5) is 0 Å². The third-order valence-electron chi connectivity index (χ3n) is 2.26. The van der Waals surface area contributed by atoms with E-state index < -0.39 is 0 Å². The van der Waals surface area contributed by atoms with Gasteiger partial charge in [-0.1, -0.05) is 0 Å². The van der Waals surface area contributed by atoms with Crippen LogP contribution in [0, 0.1) is 11.3 Å². The van der Waals surface area contributed by atoms with Gasteiger partial charge >= 0.3 is 0 Å². The Morgan fingerprint density at radius 2 is 2.00 bits per heavy atom. The average Bonchev–Trinajstić information content (AvgIpc) is 2.16. The molecule has 0 aliphatic heterocycles. The highest BCUT2D eigenvalue weighted by molar-refractivity contribution is 6.28. The summed E-state index contributed by atoms with van der Waals surface area (Å²) < 4.78 is 0. The lowest BCUT2D eigenvalue weighted by Crippen LogP contribution is -2.09. The average molecular weight is 194 g/mol. The maximum atomic E-state index is 8.82. The Hall–Kier alpha value is -1.14. The first kappa shape index (κ1) is 8.46. The molecule has 4 heteroatoms. The maximum Gasteiger partial charge on any atom is 0.223 e. The summed E-state index contributed by atoms with van der Waals surface area (Å²) >= 11 is 5.69. The van der Waals surface area contributed by atoms with Crippen LogP contribution in [0.2, 0.25) is 5.28 Å². The molecule has 1 aromatic rings. The van der Waals surface area contributed by atoms with Gasteiger partial charge < -0.3 is 0 Å². The Kier molecular flexibility index (Phi) is 2.15. The van der Waals surface area contributed by atoms with E-state index in [1.807, 2.05) is 0 Å². The molecular weight excluding hydrogens is 186 g/mol. The van der Waals surface area contributed by atoms with Gasteiger partial charge in [-0.05, 0) is 37.3 Å². The number of halogens is 1. The molecular formula is C9H8ClN3. The van der Waals surface area contributed by atoms with E-state index in [9.17, 15) is 0 Å². The molecule has 0 bridgehead atoms. The third kappa shape index (κ3) is 1.50. The zero-order valence-electron chi connectivity index (χ0n) is 7.05. The first-order chi connectivity index (χ1) is 6.31. The molecule has 0 fully saturated rings. The van der Waals surface area contributed by atoms with E-state index in [1.165, 1.54) is 0 Å². The van der Waals surface area contributed by atoms with Crippen molar-refractivity contribution in [2.24, 2.45) is 0 Å². The van der Waals surface area contributed by atoms with Crippen molar-refractivity contribution in [3.8, 4) is 6.07 Å². The molecule has 1 aliphatic rings. The van der Waals surface area contributed by atoms with Gasteiger partial charge in [0, 0.05) is 11.3 Å². The molecule has 1 heterocycles. The SMILES string of the molecule is N#Cc1nc(Cl)nc2c1CCCC2. The Balaban J connectivity index is 2.58. The molecule has 0 saturated carbocycles. The lowest BCUT2D eigenvalue weighted by molar-refractivity contribution is 0.660. The van der Waals surface area contributed by atoms with Gasteiger partial charge in [-0.25, -0.2) is 9.97 Å². The third-order valence-corrected chi connectivity index (χ3v) is 2.43. The standard InChI is InChI=1S/C9H8ClN3/c10-9-12-7-4-2-1-3-6(7)8(5-11)13-9/h1-4H2. The van der Waals surface area contributed by atoms with Crippen molar-refractivity contribution < 1.29 is 0 Å². The second-order valence-electron chi connectivity index (χ2n) is 3.09. The van der Waals surface area contributed by atoms with Crippen LogP contribution in [-0.2, 0) is 12.8 Å². The van der Waals surface area contributed by atoms with E-state index in [1.54, 1.807) is 0 Å². The molecule has 0 unspecified atom stereocenters. The maximum absolute atomic E-state index is 8.82. The molecule has 3 nitrogen and oxygen atoms in total. The summed E-state index contributed by atoms with van der Waals surface area (Å²) in [5.74, 6) is 0. The van der Waals surface area contributed by atoms with Crippen molar-refractivity contribution in [2.75, 3.05) is 0 Å². The minimum atomic E-state index is 0.192. The van der Waals surface area contributed by atoms with Crippen LogP contribution in [0.15, 0.2) is 0 Å². The molecule has 0 saturated heterocycles. The second-order valence-corrected chi connectivity index (χ2v) is 3.42. The van der Waals surface area contributed by atoms with Gasteiger partial charge in [0.25, 0.3) is 0 Å². The van der Waals surface area contributed by atoms with E-state index >= 15 is 0 Å². The Morgan fingerprint density at radius 3 is 2.77 bits per heavy atom. The Bertz CT molecular complexity index is 381. The first-order valence-corrected chi connectivity index (χ1v) is 4.64. The summed E-state index contributed by atoms with van der Waals surface area (Å²) in [6, 6.07) is 2.06. The van der Waals surface area contributed by atoms with E-state index in [0.717, 1.165) is 36.9 Å². The number of aryl methyl sites for hydroxylation is 1. The largest absolute Gasteiger partial charge is 0.223 e. The number of nitrogens with zero attached hydrogens (tertiary/aromatic N) is 3. The van der Waals surface area contributed by atoms with Crippen molar-refractivity contribution in [2.45, 2.75) is 25.7 Å². The number of nitriles is 1. The zero-order chi connectivity index (χ0) is 9.26. The number of aromatic nitrogens is 2. The molecule has 1 aliphatic carbocycles. The Morgan fingerprint density at radius 1 is 1.23 bits per heavy atom. The minimum absolute atomic E-state index is 0.192. The smallest absolute Gasteiger partial charge is 0.223 e. The van der Waals surface area contributed by atoms with Crippen LogP contribution in [0.25, 0.3) is 0 Å². The van der Waals surface area contributed by atoms with Gasteiger partial charge in [-0.3, -0.25) is 0 Å². The summed E-state index contributed by atoms with van der Waals surface area (Å²) in [7, 11) is 0. The van der Waals surface area contributed by atoms with E-state index in [2.05, 4.69) is 16.0 Å². The van der Waals surface area contributed by atoms with Gasteiger partial charge in [0.1, 0.15) is 11.8 Å². The fraction of sp³-hybridized carbons (Fsp3) is 0.444. The van der Waals surface area contributed by atoms with E-state index in [4.69, 9.17) is 16.9 Å². The summed E-state index contributed by atoms with van der Waals surface area (Å²) in [4.78, 5) is 8.02. The van der Waals surface area contributed by atoms with Crippen LogP contribution in [0.5, 0.6) is 0 Å². The van der Waals surface area contributed by atoms with E-state index in [-0.39, 0.29) is 5.28 Å². The molecule has 0 radical (unpaired) electrons. The Labute approximate surface area is 81.4 Å². The molecule has 0 aromatic carbocycles. The van der Waals surface area contributed by atoms with Crippen LogP contribution in [-0.4, -0.2) is 9.97 Å². The molecule has 0 N–H and O–H groups in total. The topological polar surface area (TPSA) is 49.6 Å². The molecule has 2 rings (SSSR count). The highest BCUT2D eigenvalue weighted by Gasteiger charge is 2.16. The lowest BCUT2D eigenvalue weighted by atomic mass is 9.95. The van der Waals surface area contributed by atoms with Gasteiger partial charge in [-0.2, -0.15) is 5.26 Å². The van der Waals surface area contributed by atoms with Crippen LogP contribution in [0.1, 0.15) is 29.8 Å². The van der Waals surface area contributed by atoms with Gasteiger partial charge in [0.15, 0.2) is 0 Å². The van der Waals surface area contributed by atoms with Crippen LogP contribution >= 0.6 is 11.6 Å². The van der Waals surface area contributed by atoms with Crippen LogP contribution < -0.4 is 0 Å². The fourth-order valence-electron chi connectivity index (χ4n) is 1.66. The molecule has 0 amide bonds. The highest BCUT2D eigenvalue weighted by Crippen LogP contribution is 2.22. The van der Waals surface area contributed by atoms with Crippen molar-refractivity contribution in [1.82, 2.24) is 9.97 Å². The van der Waals surface area contributed by atoms with Crippen LogP contribution in [0.3, 0.4) is 0 Å². The normalized spacial score (nSPS) is 14.8. The van der Waals surface area contributed by atoms with Crippen molar-refractivity contribution in [3.05, 3.63) is 22.2 Å². The van der Waals surface area contributed by atoms with Crippen molar-refractivity contribution >= 4 is 11.6 Å². The highest BCUT2D eigenvalue weighted by atomic mass is 35.5. The van der Waals surface area contributed by atoms with E-state index in [0.29, 0.717) is 5.69 Å². The fourth-order valence-corrected chi connectivity index (χ4v) is 1.84. The first-order valence-electron chi connectivity index (χ1n) is 4.26. The zero-order valence-corrected chi connectivity index (χ0v) is 7.80.